The van der Waals surface area contributed by atoms with Crippen molar-refractivity contribution in [3.63, 3.8) is 0 Å². The number of aryl methyl sites for hydroxylation is 3. The zero-order valence-electron chi connectivity index (χ0n) is 21.9. The Balaban J connectivity index is 1.47. The third-order valence-corrected chi connectivity index (χ3v) is 8.76. The lowest BCUT2D eigenvalue weighted by Crippen LogP contribution is -2.37. The predicted octanol–water partition coefficient (Wildman–Crippen LogP) is 4.83. The van der Waals surface area contributed by atoms with Crippen molar-refractivity contribution in [3.05, 3.63) is 87.1 Å². The van der Waals surface area contributed by atoms with Gasteiger partial charge in [-0.15, -0.1) is 11.3 Å². The van der Waals surface area contributed by atoms with Crippen LogP contribution in [0.5, 0.6) is 5.75 Å². The maximum absolute atomic E-state index is 13.8. The van der Waals surface area contributed by atoms with E-state index in [9.17, 15) is 9.59 Å². The number of hydrogen-bond acceptors (Lipinski definition) is 6. The minimum atomic E-state index is -0.354. The van der Waals surface area contributed by atoms with Crippen LogP contribution in [0.25, 0.3) is 32.0 Å². The summed E-state index contributed by atoms with van der Waals surface area (Å²) in [6.07, 6.45) is 6.08. The molecular weight excluding hydrogens is 498 g/mol. The SMILES string of the molecule is COc1cc(-c2sc3c(c2C)c(=O)n(-c2ccc(N4CCCC4)cc2)c(=O)n3C)ccc1-n1cnc(C)c1. The summed E-state index contributed by atoms with van der Waals surface area (Å²) in [6.45, 7) is 5.96. The van der Waals surface area contributed by atoms with Crippen LogP contribution >= 0.6 is 11.3 Å². The lowest BCUT2D eigenvalue weighted by molar-refractivity contribution is 0.413. The molecule has 6 rings (SSSR count). The summed E-state index contributed by atoms with van der Waals surface area (Å²) < 4.78 is 10.5. The molecular formula is C29H29N5O3S. The predicted molar refractivity (Wildman–Crippen MR) is 153 cm³/mol. The number of thiophene rings is 1. The van der Waals surface area contributed by atoms with Gasteiger partial charge in [0.15, 0.2) is 0 Å². The van der Waals surface area contributed by atoms with Gasteiger partial charge in [-0.25, -0.2) is 14.3 Å². The number of ether oxygens (including phenoxy) is 1. The average Bonchev–Trinajstić information content (AvgIpc) is 3.68. The maximum Gasteiger partial charge on any atom is 0.336 e. The van der Waals surface area contributed by atoms with Crippen LogP contribution in [0.2, 0.25) is 0 Å². The number of aromatic nitrogens is 4. The van der Waals surface area contributed by atoms with Crippen molar-refractivity contribution < 1.29 is 4.74 Å². The molecule has 9 heteroatoms. The van der Waals surface area contributed by atoms with Crippen LogP contribution in [-0.2, 0) is 7.05 Å². The average molecular weight is 528 g/mol. The Morgan fingerprint density at radius 3 is 2.34 bits per heavy atom. The Bertz CT molecular complexity index is 1790. The van der Waals surface area contributed by atoms with E-state index in [0.29, 0.717) is 21.7 Å². The van der Waals surface area contributed by atoms with Gasteiger partial charge in [-0.05, 0) is 74.2 Å². The molecule has 0 amide bonds. The molecule has 3 aromatic heterocycles. The smallest absolute Gasteiger partial charge is 0.336 e. The Hall–Kier alpha value is -4.11. The number of fused-ring (bicyclic) bond motifs is 1. The summed E-state index contributed by atoms with van der Waals surface area (Å²) in [6, 6.07) is 13.7. The van der Waals surface area contributed by atoms with E-state index in [0.717, 1.165) is 46.2 Å². The van der Waals surface area contributed by atoms with Gasteiger partial charge in [0.2, 0.25) is 0 Å². The summed E-state index contributed by atoms with van der Waals surface area (Å²) in [5.74, 6) is 0.696. The van der Waals surface area contributed by atoms with E-state index in [1.807, 2.05) is 67.1 Å². The second kappa shape index (κ2) is 9.33. The first-order chi connectivity index (χ1) is 18.4. The van der Waals surface area contributed by atoms with E-state index in [2.05, 4.69) is 9.88 Å². The number of methoxy groups -OCH3 is 1. The molecule has 1 saturated heterocycles. The molecule has 0 unspecified atom stereocenters. The molecule has 0 bridgehead atoms. The fourth-order valence-corrected chi connectivity index (χ4v) is 6.55. The van der Waals surface area contributed by atoms with Gasteiger partial charge < -0.3 is 14.2 Å². The van der Waals surface area contributed by atoms with Crippen LogP contribution in [-0.4, -0.2) is 38.9 Å². The minimum absolute atomic E-state index is 0.297. The second-order valence-electron chi connectivity index (χ2n) is 9.74. The van der Waals surface area contributed by atoms with Crippen molar-refractivity contribution in [2.45, 2.75) is 26.7 Å². The fourth-order valence-electron chi connectivity index (χ4n) is 5.30. The van der Waals surface area contributed by atoms with Crippen LogP contribution in [0.1, 0.15) is 24.1 Å². The topological polar surface area (TPSA) is 74.3 Å². The van der Waals surface area contributed by atoms with E-state index in [-0.39, 0.29) is 11.2 Å². The molecule has 38 heavy (non-hydrogen) atoms. The lowest BCUT2D eigenvalue weighted by Gasteiger charge is -2.18. The van der Waals surface area contributed by atoms with E-state index in [1.165, 1.54) is 28.7 Å². The third kappa shape index (κ3) is 3.85. The molecule has 1 aliphatic heterocycles. The number of nitrogens with zero attached hydrogens (tertiary/aromatic N) is 5. The van der Waals surface area contributed by atoms with Crippen LogP contribution in [0.3, 0.4) is 0 Å². The molecule has 8 nitrogen and oxygen atoms in total. The van der Waals surface area contributed by atoms with Crippen LogP contribution < -0.4 is 20.9 Å². The highest BCUT2D eigenvalue weighted by Gasteiger charge is 2.21. The van der Waals surface area contributed by atoms with Crippen LogP contribution in [0.15, 0.2) is 64.6 Å². The van der Waals surface area contributed by atoms with Gasteiger partial charge in [0.05, 0.1) is 35.9 Å². The Morgan fingerprint density at radius 2 is 1.68 bits per heavy atom. The van der Waals surface area contributed by atoms with Crippen molar-refractivity contribution in [2.75, 3.05) is 25.1 Å². The number of rotatable bonds is 5. The number of benzene rings is 2. The van der Waals surface area contributed by atoms with E-state index < -0.39 is 0 Å². The summed E-state index contributed by atoms with van der Waals surface area (Å²) in [5.41, 5.74) is 4.61. The van der Waals surface area contributed by atoms with E-state index in [4.69, 9.17) is 4.74 Å². The zero-order chi connectivity index (χ0) is 26.6. The summed E-state index contributed by atoms with van der Waals surface area (Å²) in [5, 5.41) is 0.559. The fraction of sp³-hybridized carbons (Fsp3) is 0.276. The van der Waals surface area contributed by atoms with Gasteiger partial charge >= 0.3 is 5.69 Å². The molecule has 0 atom stereocenters. The molecule has 0 spiro atoms. The van der Waals surface area contributed by atoms with Gasteiger partial charge in [0.1, 0.15) is 10.6 Å². The van der Waals surface area contributed by atoms with Gasteiger partial charge in [0, 0.05) is 36.9 Å². The first kappa shape index (κ1) is 24.2. The standard InChI is InChI=1S/C29H29N5O3S/c1-18-16-33(17-30-18)23-12-7-20(15-24(23)37-4)26-19(2)25-27(35)34(29(36)31(3)28(25)38-26)22-10-8-21(9-11-22)32-13-5-6-14-32/h7-12,15-17H,5-6,13-14H2,1-4H3. The second-order valence-corrected chi connectivity index (χ2v) is 10.7. The van der Waals surface area contributed by atoms with E-state index >= 15 is 0 Å². The summed E-state index contributed by atoms with van der Waals surface area (Å²) >= 11 is 1.45. The van der Waals surface area contributed by atoms with E-state index in [1.54, 1.807) is 25.1 Å². The molecule has 1 aliphatic rings. The van der Waals surface area contributed by atoms with Crippen molar-refractivity contribution >= 4 is 27.2 Å². The zero-order valence-corrected chi connectivity index (χ0v) is 22.7. The molecule has 5 aromatic rings. The Labute approximate surface area is 224 Å². The normalized spacial score (nSPS) is 13.5. The van der Waals surface area contributed by atoms with Crippen molar-refractivity contribution in [1.82, 2.24) is 18.7 Å². The molecule has 194 valence electrons. The van der Waals surface area contributed by atoms with Crippen molar-refractivity contribution in [2.24, 2.45) is 7.05 Å². The highest BCUT2D eigenvalue weighted by Crippen LogP contribution is 2.39. The van der Waals surface area contributed by atoms with Gasteiger partial charge in [-0.2, -0.15) is 0 Å². The molecule has 4 heterocycles. The lowest BCUT2D eigenvalue weighted by atomic mass is 10.1. The van der Waals surface area contributed by atoms with Crippen LogP contribution in [0.4, 0.5) is 5.69 Å². The number of imidazole rings is 1. The molecule has 1 fully saturated rings. The summed E-state index contributed by atoms with van der Waals surface area (Å²) in [4.78, 5) is 35.4. The Kier molecular flexibility index (Phi) is 5.95. The molecule has 0 radical (unpaired) electrons. The summed E-state index contributed by atoms with van der Waals surface area (Å²) in [7, 11) is 3.37. The molecule has 0 saturated carbocycles. The first-order valence-electron chi connectivity index (χ1n) is 12.7. The number of anilines is 1. The highest BCUT2D eigenvalue weighted by molar-refractivity contribution is 7.22. The van der Waals surface area contributed by atoms with Crippen molar-refractivity contribution in [1.29, 1.82) is 0 Å². The highest BCUT2D eigenvalue weighted by atomic mass is 32.1. The monoisotopic (exact) mass is 527 g/mol. The largest absolute Gasteiger partial charge is 0.495 e. The first-order valence-corrected chi connectivity index (χ1v) is 13.5. The minimum Gasteiger partial charge on any atom is -0.495 e. The van der Waals surface area contributed by atoms with Gasteiger partial charge in [-0.3, -0.25) is 9.36 Å². The maximum atomic E-state index is 13.8. The number of hydrogen-bond donors (Lipinski definition) is 0. The molecule has 0 N–H and O–H groups in total. The van der Waals surface area contributed by atoms with Crippen LogP contribution in [0, 0.1) is 13.8 Å². The molecule has 0 aliphatic carbocycles. The molecule has 2 aromatic carbocycles. The van der Waals surface area contributed by atoms with Crippen molar-refractivity contribution in [3.8, 4) is 27.6 Å². The van der Waals surface area contributed by atoms with Gasteiger partial charge in [0.25, 0.3) is 5.56 Å². The third-order valence-electron chi connectivity index (χ3n) is 7.34. The van der Waals surface area contributed by atoms with Gasteiger partial charge in [-0.1, -0.05) is 6.07 Å². The quantitative estimate of drug-likeness (QED) is 0.327. The Morgan fingerprint density at radius 1 is 0.974 bits per heavy atom.